The molecule has 1 saturated heterocycles. The van der Waals surface area contributed by atoms with Gasteiger partial charge in [-0.25, -0.2) is 4.98 Å². The highest BCUT2D eigenvalue weighted by atomic mass is 32.1. The van der Waals surface area contributed by atoms with Gasteiger partial charge in [0, 0.05) is 17.5 Å². The molecule has 0 radical (unpaired) electrons. The van der Waals surface area contributed by atoms with Gasteiger partial charge in [-0.1, -0.05) is 12.1 Å². The summed E-state index contributed by atoms with van der Waals surface area (Å²) in [5.74, 6) is -0.00354. The van der Waals surface area contributed by atoms with Crippen molar-refractivity contribution in [3.8, 4) is 0 Å². The second-order valence-electron chi connectivity index (χ2n) is 5.94. The van der Waals surface area contributed by atoms with Crippen LogP contribution in [0.3, 0.4) is 0 Å². The summed E-state index contributed by atoms with van der Waals surface area (Å²) in [5, 5.41) is 11.3. The average Bonchev–Trinajstić information content (AvgIpc) is 3.13. The number of aliphatic hydroxyl groups excluding tert-OH is 1. The first-order chi connectivity index (χ1) is 11.3. The average molecular weight is 330 g/mol. The first-order valence-corrected chi connectivity index (χ1v) is 9.06. The van der Waals surface area contributed by atoms with E-state index < -0.39 is 0 Å². The number of aromatic nitrogens is 1. The molecule has 1 amide bonds. The maximum atomic E-state index is 12.8. The third-order valence-corrected chi connectivity index (χ3v) is 5.32. The number of nitrogens with zero attached hydrogens (tertiary/aromatic N) is 2. The predicted octanol–water partition coefficient (Wildman–Crippen LogP) is 3.26. The molecule has 2 aromatic rings. The van der Waals surface area contributed by atoms with Crippen molar-refractivity contribution >= 4 is 17.2 Å². The zero-order valence-corrected chi connectivity index (χ0v) is 14.0. The van der Waals surface area contributed by atoms with Crippen molar-refractivity contribution in [2.75, 3.05) is 6.54 Å². The van der Waals surface area contributed by atoms with Gasteiger partial charge in [0.2, 0.25) is 0 Å². The van der Waals surface area contributed by atoms with Gasteiger partial charge >= 0.3 is 0 Å². The van der Waals surface area contributed by atoms with E-state index in [-0.39, 0.29) is 18.6 Å². The standard InChI is InChI=1S/C18H22N2O2S/c21-13-14-5-3-8-17(19-14)18(22)20-11-2-1-6-15(20)9-10-16-7-4-12-23-16/h3-5,7-8,12,15,21H,1-2,6,9-11,13H2. The second-order valence-corrected chi connectivity index (χ2v) is 6.97. The third kappa shape index (κ3) is 3.98. The van der Waals surface area contributed by atoms with Crippen LogP contribution in [0.25, 0.3) is 0 Å². The quantitative estimate of drug-likeness (QED) is 0.915. The summed E-state index contributed by atoms with van der Waals surface area (Å²) in [4.78, 5) is 20.5. The molecule has 1 N–H and O–H groups in total. The van der Waals surface area contributed by atoms with E-state index in [1.54, 1.807) is 29.5 Å². The van der Waals surface area contributed by atoms with Gasteiger partial charge in [0.1, 0.15) is 5.69 Å². The third-order valence-electron chi connectivity index (χ3n) is 4.38. The minimum atomic E-state index is -0.136. The van der Waals surface area contributed by atoms with Gasteiger partial charge in [0.15, 0.2) is 0 Å². The molecule has 3 rings (SSSR count). The van der Waals surface area contributed by atoms with Crippen LogP contribution in [0.5, 0.6) is 0 Å². The molecule has 1 aliphatic rings. The molecular formula is C18H22N2O2S. The monoisotopic (exact) mass is 330 g/mol. The zero-order valence-electron chi connectivity index (χ0n) is 13.1. The summed E-state index contributed by atoms with van der Waals surface area (Å²) in [6.07, 6.45) is 5.34. The fraction of sp³-hybridized carbons (Fsp3) is 0.444. The highest BCUT2D eigenvalue weighted by Gasteiger charge is 2.28. The van der Waals surface area contributed by atoms with Gasteiger partial charge in [0.25, 0.3) is 5.91 Å². The van der Waals surface area contributed by atoms with Crippen LogP contribution >= 0.6 is 11.3 Å². The largest absolute Gasteiger partial charge is 0.390 e. The smallest absolute Gasteiger partial charge is 0.272 e. The van der Waals surface area contributed by atoms with Gasteiger partial charge in [-0.15, -0.1) is 11.3 Å². The molecule has 0 aromatic carbocycles. The van der Waals surface area contributed by atoms with Crippen LogP contribution in [-0.4, -0.2) is 33.5 Å². The molecule has 2 aromatic heterocycles. The van der Waals surface area contributed by atoms with E-state index in [1.165, 1.54) is 11.3 Å². The summed E-state index contributed by atoms with van der Waals surface area (Å²) >= 11 is 1.78. The Hall–Kier alpha value is -1.72. The summed E-state index contributed by atoms with van der Waals surface area (Å²) in [6.45, 7) is 0.669. The van der Waals surface area contributed by atoms with Crippen LogP contribution in [0.15, 0.2) is 35.7 Å². The van der Waals surface area contributed by atoms with Crippen LogP contribution in [-0.2, 0) is 13.0 Å². The molecule has 0 bridgehead atoms. The molecule has 0 aliphatic carbocycles. The van der Waals surface area contributed by atoms with Crippen molar-refractivity contribution in [1.29, 1.82) is 0 Å². The number of amides is 1. The molecule has 0 saturated carbocycles. The Kier molecular flexibility index (Phi) is 5.41. The van der Waals surface area contributed by atoms with Crippen LogP contribution in [0.4, 0.5) is 0 Å². The number of hydrogen-bond donors (Lipinski definition) is 1. The summed E-state index contributed by atoms with van der Waals surface area (Å²) in [5.41, 5.74) is 0.988. The number of rotatable bonds is 5. The maximum Gasteiger partial charge on any atom is 0.272 e. The Morgan fingerprint density at radius 1 is 1.30 bits per heavy atom. The van der Waals surface area contributed by atoms with Crippen LogP contribution in [0, 0.1) is 0 Å². The molecule has 3 heterocycles. The molecule has 1 aliphatic heterocycles. The van der Waals surface area contributed by atoms with Crippen molar-refractivity contribution in [3.05, 3.63) is 52.0 Å². The lowest BCUT2D eigenvalue weighted by Crippen LogP contribution is -2.44. The highest BCUT2D eigenvalue weighted by Crippen LogP contribution is 2.24. The molecule has 0 spiro atoms. The Morgan fingerprint density at radius 3 is 3.00 bits per heavy atom. The molecular weight excluding hydrogens is 308 g/mol. The molecule has 23 heavy (non-hydrogen) atoms. The molecule has 4 nitrogen and oxygen atoms in total. The van der Waals surface area contributed by atoms with E-state index in [0.717, 1.165) is 32.2 Å². The van der Waals surface area contributed by atoms with Crippen LogP contribution < -0.4 is 0 Å². The number of carbonyl (C=O) groups is 1. The first-order valence-electron chi connectivity index (χ1n) is 8.18. The molecule has 1 atom stereocenters. The number of aliphatic hydroxyl groups is 1. The molecule has 1 fully saturated rings. The normalized spacial score (nSPS) is 18.1. The van der Waals surface area contributed by atoms with Crippen LogP contribution in [0.2, 0.25) is 0 Å². The Morgan fingerprint density at radius 2 is 2.22 bits per heavy atom. The van der Waals surface area contributed by atoms with E-state index in [0.29, 0.717) is 11.4 Å². The Balaban J connectivity index is 1.70. The van der Waals surface area contributed by atoms with Crippen molar-refractivity contribution in [3.63, 3.8) is 0 Å². The maximum absolute atomic E-state index is 12.8. The fourth-order valence-electron chi connectivity index (χ4n) is 3.17. The summed E-state index contributed by atoms with van der Waals surface area (Å²) in [6, 6.07) is 9.79. The van der Waals surface area contributed by atoms with Crippen molar-refractivity contribution in [2.24, 2.45) is 0 Å². The lowest BCUT2D eigenvalue weighted by Gasteiger charge is -2.35. The van der Waals surface area contributed by atoms with Gasteiger partial charge in [-0.2, -0.15) is 0 Å². The Bertz CT molecular complexity index is 642. The summed E-state index contributed by atoms with van der Waals surface area (Å²) < 4.78 is 0. The lowest BCUT2D eigenvalue weighted by atomic mass is 9.97. The van der Waals surface area contributed by atoms with Crippen molar-refractivity contribution in [2.45, 2.75) is 44.8 Å². The fourth-order valence-corrected chi connectivity index (χ4v) is 3.89. The molecule has 5 heteroatoms. The number of carbonyl (C=O) groups excluding carboxylic acids is 1. The number of likely N-dealkylation sites (tertiary alicyclic amines) is 1. The van der Waals surface area contributed by atoms with Gasteiger partial charge in [-0.05, 0) is 55.7 Å². The number of pyridine rings is 1. The Labute approximate surface area is 140 Å². The van der Waals surface area contributed by atoms with Gasteiger partial charge < -0.3 is 10.0 Å². The minimum absolute atomic E-state index is 0.00354. The van der Waals surface area contributed by atoms with E-state index >= 15 is 0 Å². The summed E-state index contributed by atoms with van der Waals surface area (Å²) in [7, 11) is 0. The van der Waals surface area contributed by atoms with Gasteiger partial charge in [-0.3, -0.25) is 4.79 Å². The van der Waals surface area contributed by atoms with Crippen molar-refractivity contribution in [1.82, 2.24) is 9.88 Å². The number of piperidine rings is 1. The molecule has 122 valence electrons. The SMILES string of the molecule is O=C(c1cccc(CO)n1)N1CCCCC1CCc1cccs1. The number of aryl methyl sites for hydroxylation is 1. The molecule has 1 unspecified atom stereocenters. The van der Waals surface area contributed by atoms with E-state index in [1.807, 2.05) is 4.90 Å². The topological polar surface area (TPSA) is 53.4 Å². The lowest BCUT2D eigenvalue weighted by molar-refractivity contribution is 0.0595. The van der Waals surface area contributed by atoms with Crippen LogP contribution in [0.1, 0.15) is 46.7 Å². The highest BCUT2D eigenvalue weighted by molar-refractivity contribution is 7.09. The van der Waals surface area contributed by atoms with E-state index in [2.05, 4.69) is 22.5 Å². The van der Waals surface area contributed by atoms with Crippen molar-refractivity contribution < 1.29 is 9.90 Å². The minimum Gasteiger partial charge on any atom is -0.390 e. The number of hydrogen-bond acceptors (Lipinski definition) is 4. The van der Waals surface area contributed by atoms with E-state index in [4.69, 9.17) is 0 Å². The van der Waals surface area contributed by atoms with Gasteiger partial charge in [0.05, 0.1) is 12.3 Å². The number of thiophene rings is 1. The zero-order chi connectivity index (χ0) is 16.1. The predicted molar refractivity (Wildman–Crippen MR) is 91.5 cm³/mol. The first kappa shape index (κ1) is 16.1. The van der Waals surface area contributed by atoms with E-state index in [9.17, 15) is 9.90 Å². The second kappa shape index (κ2) is 7.70.